The number of esters is 1. The van der Waals surface area contributed by atoms with Crippen LogP contribution >= 0.6 is 0 Å². The van der Waals surface area contributed by atoms with Crippen LogP contribution < -0.4 is 4.74 Å². The minimum absolute atomic E-state index is 0.0466. The predicted molar refractivity (Wildman–Crippen MR) is 95.3 cm³/mol. The van der Waals surface area contributed by atoms with E-state index in [0.717, 1.165) is 22.4 Å². The van der Waals surface area contributed by atoms with Crippen LogP contribution in [0.15, 0.2) is 48.7 Å². The Morgan fingerprint density at radius 2 is 1.80 bits per heavy atom. The average molecular weight is 337 g/mol. The molecule has 0 atom stereocenters. The second-order valence-corrected chi connectivity index (χ2v) is 5.62. The summed E-state index contributed by atoms with van der Waals surface area (Å²) in [6.07, 6.45) is 1.73. The van der Waals surface area contributed by atoms with E-state index in [1.807, 2.05) is 30.3 Å². The molecule has 1 aromatic carbocycles. The average Bonchev–Trinajstić information content (AvgIpc) is 3.00. The van der Waals surface area contributed by atoms with Crippen LogP contribution in [0.5, 0.6) is 5.75 Å². The number of carbonyl (C=O) groups is 2. The molecule has 25 heavy (non-hydrogen) atoms. The number of hydrogen-bond donors (Lipinski definition) is 0. The minimum atomic E-state index is -0.374. The number of ketones is 1. The summed E-state index contributed by atoms with van der Waals surface area (Å²) < 4.78 is 12.0. The van der Waals surface area contributed by atoms with E-state index in [1.165, 1.54) is 6.92 Å². The maximum Gasteiger partial charge on any atom is 0.338 e. The van der Waals surface area contributed by atoms with Crippen LogP contribution in [0.25, 0.3) is 16.6 Å². The van der Waals surface area contributed by atoms with E-state index >= 15 is 0 Å². The topological polar surface area (TPSA) is 57.0 Å². The largest absolute Gasteiger partial charge is 0.497 e. The molecule has 0 aliphatic rings. The zero-order valence-corrected chi connectivity index (χ0v) is 14.4. The Morgan fingerprint density at radius 3 is 2.40 bits per heavy atom. The number of rotatable bonds is 5. The number of hydrogen-bond acceptors (Lipinski definition) is 4. The molecule has 0 bridgehead atoms. The molecular formula is C20H19NO4. The van der Waals surface area contributed by atoms with Gasteiger partial charge < -0.3 is 13.9 Å². The van der Waals surface area contributed by atoms with Crippen molar-refractivity contribution in [2.24, 2.45) is 0 Å². The summed E-state index contributed by atoms with van der Waals surface area (Å²) in [7, 11) is 1.61. The molecule has 2 aromatic heterocycles. The monoisotopic (exact) mass is 337 g/mol. The van der Waals surface area contributed by atoms with E-state index in [9.17, 15) is 9.59 Å². The summed E-state index contributed by atoms with van der Waals surface area (Å²) in [5.41, 5.74) is 3.53. The second-order valence-electron chi connectivity index (χ2n) is 5.62. The Balaban J connectivity index is 2.15. The molecule has 2 heterocycles. The number of benzene rings is 1. The summed E-state index contributed by atoms with van der Waals surface area (Å²) in [5.74, 6) is 0.331. The first-order valence-corrected chi connectivity index (χ1v) is 8.02. The van der Waals surface area contributed by atoms with Crippen LogP contribution in [0, 0.1) is 0 Å². The highest BCUT2D eigenvalue weighted by molar-refractivity contribution is 6.02. The molecule has 5 nitrogen and oxygen atoms in total. The van der Waals surface area contributed by atoms with Crippen molar-refractivity contribution in [3.63, 3.8) is 0 Å². The van der Waals surface area contributed by atoms with Crippen LogP contribution in [-0.4, -0.2) is 29.9 Å². The van der Waals surface area contributed by atoms with Crippen molar-refractivity contribution in [1.29, 1.82) is 0 Å². The normalized spacial score (nSPS) is 10.7. The maximum absolute atomic E-state index is 12.2. The van der Waals surface area contributed by atoms with Gasteiger partial charge >= 0.3 is 5.97 Å². The third-order valence-corrected chi connectivity index (χ3v) is 4.02. The zero-order chi connectivity index (χ0) is 18.0. The van der Waals surface area contributed by atoms with Gasteiger partial charge in [-0.25, -0.2) is 4.79 Å². The Morgan fingerprint density at radius 1 is 1.08 bits per heavy atom. The first-order chi connectivity index (χ1) is 12.0. The van der Waals surface area contributed by atoms with Gasteiger partial charge in [0.25, 0.3) is 0 Å². The van der Waals surface area contributed by atoms with Crippen LogP contribution in [-0.2, 0) is 4.74 Å². The third-order valence-electron chi connectivity index (χ3n) is 4.02. The number of fused-ring (bicyclic) bond motifs is 1. The van der Waals surface area contributed by atoms with Gasteiger partial charge in [-0.05, 0) is 42.8 Å². The van der Waals surface area contributed by atoms with E-state index in [-0.39, 0.29) is 11.8 Å². The fourth-order valence-electron chi connectivity index (χ4n) is 2.87. The van der Waals surface area contributed by atoms with Gasteiger partial charge in [0.05, 0.1) is 25.0 Å². The van der Waals surface area contributed by atoms with Gasteiger partial charge in [0.2, 0.25) is 0 Å². The smallest absolute Gasteiger partial charge is 0.338 e. The van der Waals surface area contributed by atoms with Gasteiger partial charge in [-0.3, -0.25) is 4.79 Å². The van der Waals surface area contributed by atoms with E-state index in [0.29, 0.717) is 17.9 Å². The van der Waals surface area contributed by atoms with E-state index in [4.69, 9.17) is 9.47 Å². The second kappa shape index (κ2) is 6.81. The number of aromatic nitrogens is 1. The van der Waals surface area contributed by atoms with Crippen molar-refractivity contribution in [3.05, 3.63) is 59.9 Å². The Hall–Kier alpha value is -3.08. The SMILES string of the molecule is CCOC(=O)c1ccn2c(C(C)=O)c(-c3ccc(OC)cc3)cc2c1. The summed E-state index contributed by atoms with van der Waals surface area (Å²) in [6.45, 7) is 3.62. The number of methoxy groups -OCH3 is 1. The molecule has 3 aromatic rings. The molecule has 0 saturated carbocycles. The lowest BCUT2D eigenvalue weighted by atomic mass is 10.0. The molecule has 0 radical (unpaired) electrons. The van der Waals surface area contributed by atoms with Crippen molar-refractivity contribution >= 4 is 17.3 Å². The Bertz CT molecular complexity index is 938. The first-order valence-electron chi connectivity index (χ1n) is 8.02. The quantitative estimate of drug-likeness (QED) is 0.522. The van der Waals surface area contributed by atoms with Gasteiger partial charge in [-0.2, -0.15) is 0 Å². The zero-order valence-electron chi connectivity index (χ0n) is 14.4. The van der Waals surface area contributed by atoms with Gasteiger partial charge in [-0.15, -0.1) is 0 Å². The maximum atomic E-state index is 12.2. The summed E-state index contributed by atoms with van der Waals surface area (Å²) in [4.78, 5) is 24.2. The van der Waals surface area contributed by atoms with Crippen molar-refractivity contribution in [2.45, 2.75) is 13.8 Å². The summed E-state index contributed by atoms with van der Waals surface area (Å²) in [6, 6.07) is 12.8. The van der Waals surface area contributed by atoms with E-state index in [1.54, 1.807) is 36.8 Å². The van der Waals surface area contributed by atoms with Gasteiger partial charge in [0.1, 0.15) is 5.75 Å². The number of nitrogens with zero attached hydrogens (tertiary/aromatic N) is 1. The molecular weight excluding hydrogens is 318 g/mol. The third kappa shape index (κ3) is 3.13. The van der Waals surface area contributed by atoms with Crippen LogP contribution in [0.4, 0.5) is 0 Å². The van der Waals surface area contributed by atoms with E-state index in [2.05, 4.69) is 0 Å². The number of ether oxygens (including phenoxy) is 2. The van der Waals surface area contributed by atoms with Crippen molar-refractivity contribution in [3.8, 4) is 16.9 Å². The number of Topliss-reactive ketones (excluding diaryl/α,β-unsaturated/α-hetero) is 1. The molecule has 0 aliphatic carbocycles. The van der Waals surface area contributed by atoms with Crippen LogP contribution in [0.2, 0.25) is 0 Å². The summed E-state index contributed by atoms with van der Waals surface area (Å²) >= 11 is 0. The van der Waals surface area contributed by atoms with Crippen molar-refractivity contribution in [1.82, 2.24) is 4.40 Å². The molecule has 0 aliphatic heterocycles. The minimum Gasteiger partial charge on any atom is -0.497 e. The van der Waals surface area contributed by atoms with Crippen molar-refractivity contribution < 1.29 is 19.1 Å². The fourth-order valence-corrected chi connectivity index (χ4v) is 2.87. The molecule has 0 amide bonds. The molecule has 5 heteroatoms. The Kier molecular flexibility index (Phi) is 4.57. The lowest BCUT2D eigenvalue weighted by Gasteiger charge is -2.06. The fraction of sp³-hybridized carbons (Fsp3) is 0.200. The number of carbonyl (C=O) groups excluding carboxylic acids is 2. The highest BCUT2D eigenvalue weighted by atomic mass is 16.5. The van der Waals surface area contributed by atoms with Crippen LogP contribution in [0.1, 0.15) is 34.7 Å². The first kappa shape index (κ1) is 16.8. The Labute approximate surface area is 145 Å². The van der Waals surface area contributed by atoms with Crippen LogP contribution in [0.3, 0.4) is 0 Å². The lowest BCUT2D eigenvalue weighted by molar-refractivity contribution is 0.0526. The highest BCUT2D eigenvalue weighted by Gasteiger charge is 2.17. The van der Waals surface area contributed by atoms with Gasteiger partial charge in [-0.1, -0.05) is 12.1 Å². The lowest BCUT2D eigenvalue weighted by Crippen LogP contribution is -2.06. The predicted octanol–water partition coefficient (Wildman–Crippen LogP) is 3.99. The number of pyridine rings is 1. The molecule has 0 saturated heterocycles. The van der Waals surface area contributed by atoms with Crippen molar-refractivity contribution in [2.75, 3.05) is 13.7 Å². The molecule has 0 spiro atoms. The molecule has 0 unspecified atom stereocenters. The molecule has 0 N–H and O–H groups in total. The summed E-state index contributed by atoms with van der Waals surface area (Å²) in [5, 5.41) is 0. The molecule has 3 rings (SSSR count). The molecule has 0 fully saturated rings. The van der Waals surface area contributed by atoms with E-state index < -0.39 is 0 Å². The molecule has 128 valence electrons. The van der Waals surface area contributed by atoms with Gasteiger partial charge in [0.15, 0.2) is 5.78 Å². The standard InChI is InChI=1S/C20H19NO4/c1-4-25-20(23)15-9-10-21-16(11-15)12-18(19(21)13(2)22)14-5-7-17(24-3)8-6-14/h5-12H,4H2,1-3H3. The van der Waals surface area contributed by atoms with Gasteiger partial charge in [0, 0.05) is 24.2 Å². The highest BCUT2D eigenvalue weighted by Crippen LogP contribution is 2.30.